The van der Waals surface area contributed by atoms with E-state index in [0.29, 0.717) is 6.04 Å². The molecular formula is C25H24N5+. The molecule has 2 aromatic heterocycles. The van der Waals surface area contributed by atoms with Gasteiger partial charge in [-0.05, 0) is 60.4 Å². The molecule has 148 valence electrons. The molecule has 1 N–H and O–H groups in total. The standard InChI is InChI=1S/C25H24N5/c1-2-22(25-27-26-17-30(25)24-10-11-24)16-23(3-1)28-29-14-12-21(13-15-29)20-8-6-19(7-9-20)18-4-5-18/h1-3,6-9,12-18,24,28H,4-5,10-11H2/q+1. The van der Waals surface area contributed by atoms with Crippen molar-refractivity contribution in [3.8, 4) is 22.5 Å². The summed E-state index contributed by atoms with van der Waals surface area (Å²) in [5, 5.41) is 8.46. The van der Waals surface area contributed by atoms with Gasteiger partial charge in [0.15, 0.2) is 18.2 Å². The lowest BCUT2D eigenvalue weighted by atomic mass is 10.0. The van der Waals surface area contributed by atoms with Crippen LogP contribution in [0.3, 0.4) is 0 Å². The van der Waals surface area contributed by atoms with Gasteiger partial charge in [-0.25, -0.2) is 0 Å². The van der Waals surface area contributed by atoms with Crippen molar-refractivity contribution in [1.29, 1.82) is 0 Å². The molecule has 0 radical (unpaired) electrons. The molecule has 2 aliphatic carbocycles. The summed E-state index contributed by atoms with van der Waals surface area (Å²) in [5.41, 5.74) is 9.50. The highest BCUT2D eigenvalue weighted by molar-refractivity contribution is 5.63. The van der Waals surface area contributed by atoms with E-state index in [-0.39, 0.29) is 0 Å². The molecule has 2 saturated carbocycles. The number of pyridine rings is 1. The summed E-state index contributed by atoms with van der Waals surface area (Å²) in [4.78, 5) is 0. The van der Waals surface area contributed by atoms with E-state index in [9.17, 15) is 0 Å². The summed E-state index contributed by atoms with van der Waals surface area (Å²) >= 11 is 0. The molecule has 4 aromatic rings. The van der Waals surface area contributed by atoms with E-state index < -0.39 is 0 Å². The number of hydrogen-bond donors (Lipinski definition) is 1. The predicted molar refractivity (Wildman–Crippen MR) is 117 cm³/mol. The molecule has 6 rings (SSSR count). The summed E-state index contributed by atoms with van der Waals surface area (Å²) < 4.78 is 4.17. The Morgan fingerprint density at radius 3 is 2.33 bits per heavy atom. The van der Waals surface area contributed by atoms with Crippen LogP contribution >= 0.6 is 0 Å². The molecule has 5 heteroatoms. The van der Waals surface area contributed by atoms with Crippen LogP contribution in [0.1, 0.15) is 43.2 Å². The van der Waals surface area contributed by atoms with Crippen LogP contribution in [0.25, 0.3) is 22.5 Å². The van der Waals surface area contributed by atoms with Gasteiger partial charge in [0.25, 0.3) is 0 Å². The molecule has 2 aliphatic rings. The van der Waals surface area contributed by atoms with Gasteiger partial charge >= 0.3 is 0 Å². The van der Waals surface area contributed by atoms with Crippen LogP contribution in [0.5, 0.6) is 0 Å². The molecule has 0 spiro atoms. The highest BCUT2D eigenvalue weighted by Crippen LogP contribution is 2.40. The Morgan fingerprint density at radius 1 is 0.833 bits per heavy atom. The molecule has 0 unspecified atom stereocenters. The molecule has 30 heavy (non-hydrogen) atoms. The Bertz CT molecular complexity index is 1170. The zero-order chi connectivity index (χ0) is 19.9. The lowest BCUT2D eigenvalue weighted by molar-refractivity contribution is -0.642. The summed E-state index contributed by atoms with van der Waals surface area (Å²) in [7, 11) is 0. The van der Waals surface area contributed by atoms with Gasteiger partial charge in [-0.1, -0.05) is 41.1 Å². The fourth-order valence-corrected chi connectivity index (χ4v) is 4.00. The Balaban J connectivity index is 1.20. The number of nitrogens with one attached hydrogen (secondary N) is 1. The van der Waals surface area contributed by atoms with Crippen LogP contribution in [-0.4, -0.2) is 14.8 Å². The summed E-state index contributed by atoms with van der Waals surface area (Å²) in [6.07, 6.45) is 11.1. The van der Waals surface area contributed by atoms with E-state index in [0.717, 1.165) is 23.0 Å². The van der Waals surface area contributed by atoms with E-state index in [1.807, 2.05) is 11.0 Å². The smallest absolute Gasteiger partial charge is 0.200 e. The molecular weight excluding hydrogens is 370 g/mol. The summed E-state index contributed by atoms with van der Waals surface area (Å²) in [6, 6.07) is 22.2. The van der Waals surface area contributed by atoms with E-state index in [1.165, 1.54) is 42.4 Å². The van der Waals surface area contributed by atoms with Crippen molar-refractivity contribution in [2.45, 2.75) is 37.6 Å². The first kappa shape index (κ1) is 17.4. The van der Waals surface area contributed by atoms with Gasteiger partial charge in [0.2, 0.25) is 0 Å². The Hall–Kier alpha value is -3.47. The SMILES string of the molecule is c1cc(N[n+]2ccc(-c3ccc(C4CC4)cc3)cc2)cc(-c2nncn2C2CC2)c1. The monoisotopic (exact) mass is 394 g/mol. The molecule has 2 heterocycles. The minimum absolute atomic E-state index is 0.562. The average molecular weight is 395 g/mol. The van der Waals surface area contributed by atoms with Gasteiger partial charge in [-0.2, -0.15) is 5.43 Å². The number of rotatable bonds is 6. The van der Waals surface area contributed by atoms with Crippen molar-refractivity contribution in [3.63, 3.8) is 0 Å². The highest BCUT2D eigenvalue weighted by Gasteiger charge is 2.26. The molecule has 0 atom stereocenters. The maximum atomic E-state index is 4.34. The lowest BCUT2D eigenvalue weighted by Crippen LogP contribution is -2.41. The van der Waals surface area contributed by atoms with Crippen LogP contribution in [0.15, 0.2) is 79.4 Å². The fraction of sp³-hybridized carbons (Fsp3) is 0.240. The first-order chi connectivity index (χ1) is 14.8. The zero-order valence-electron chi connectivity index (χ0n) is 16.8. The summed E-state index contributed by atoms with van der Waals surface area (Å²) in [6.45, 7) is 0. The molecule has 2 fully saturated rings. The van der Waals surface area contributed by atoms with Crippen LogP contribution in [0, 0.1) is 0 Å². The molecule has 0 bridgehead atoms. The van der Waals surface area contributed by atoms with Gasteiger partial charge in [-0.15, -0.1) is 10.2 Å². The van der Waals surface area contributed by atoms with Crippen molar-refractivity contribution in [3.05, 3.63) is 84.9 Å². The largest absolute Gasteiger partial charge is 0.310 e. The van der Waals surface area contributed by atoms with E-state index in [4.69, 9.17) is 0 Å². The molecule has 2 aromatic carbocycles. The van der Waals surface area contributed by atoms with Crippen molar-refractivity contribution in [2.75, 3.05) is 5.43 Å². The number of aromatic nitrogens is 4. The molecule has 0 amide bonds. The van der Waals surface area contributed by atoms with E-state index in [2.05, 4.69) is 93.2 Å². The molecule has 5 nitrogen and oxygen atoms in total. The second kappa shape index (κ2) is 7.10. The van der Waals surface area contributed by atoms with Crippen molar-refractivity contribution >= 4 is 5.69 Å². The first-order valence-corrected chi connectivity index (χ1v) is 10.7. The van der Waals surface area contributed by atoms with Gasteiger partial charge in [0.05, 0.1) is 5.69 Å². The third-order valence-corrected chi connectivity index (χ3v) is 6.01. The minimum Gasteiger partial charge on any atom is -0.310 e. The zero-order valence-corrected chi connectivity index (χ0v) is 16.8. The van der Waals surface area contributed by atoms with Gasteiger partial charge in [-0.3, -0.25) is 0 Å². The third kappa shape index (κ3) is 3.47. The quantitative estimate of drug-likeness (QED) is 0.469. The topological polar surface area (TPSA) is 46.6 Å². The normalized spacial score (nSPS) is 15.9. The van der Waals surface area contributed by atoms with Crippen molar-refractivity contribution in [2.24, 2.45) is 0 Å². The third-order valence-electron chi connectivity index (χ3n) is 6.01. The minimum atomic E-state index is 0.562. The highest BCUT2D eigenvalue weighted by atomic mass is 15.4. The maximum absolute atomic E-state index is 4.34. The van der Waals surface area contributed by atoms with Gasteiger partial charge < -0.3 is 4.57 Å². The first-order valence-electron chi connectivity index (χ1n) is 10.7. The number of nitrogens with zero attached hydrogens (tertiary/aromatic N) is 4. The van der Waals surface area contributed by atoms with E-state index >= 15 is 0 Å². The number of benzene rings is 2. The molecule has 0 saturated heterocycles. The average Bonchev–Trinajstić information content (AvgIpc) is 3.73. The van der Waals surface area contributed by atoms with Crippen molar-refractivity contribution < 1.29 is 4.68 Å². The van der Waals surface area contributed by atoms with Crippen LogP contribution in [0.2, 0.25) is 0 Å². The van der Waals surface area contributed by atoms with Gasteiger partial charge in [0.1, 0.15) is 6.33 Å². The van der Waals surface area contributed by atoms with Gasteiger partial charge in [0, 0.05) is 23.7 Å². The second-order valence-corrected chi connectivity index (χ2v) is 8.38. The predicted octanol–water partition coefficient (Wildman–Crippen LogP) is 4.99. The molecule has 0 aliphatic heterocycles. The maximum Gasteiger partial charge on any atom is 0.200 e. The Labute approximate surface area is 176 Å². The lowest BCUT2D eigenvalue weighted by Gasteiger charge is -2.07. The second-order valence-electron chi connectivity index (χ2n) is 8.38. The fourth-order valence-electron chi connectivity index (χ4n) is 4.00. The Morgan fingerprint density at radius 2 is 1.60 bits per heavy atom. The van der Waals surface area contributed by atoms with Crippen LogP contribution < -0.4 is 10.1 Å². The Kier molecular flexibility index (Phi) is 4.11. The summed E-state index contributed by atoms with van der Waals surface area (Å²) in [5.74, 6) is 1.74. The number of hydrogen-bond acceptors (Lipinski definition) is 3. The van der Waals surface area contributed by atoms with Crippen molar-refractivity contribution in [1.82, 2.24) is 14.8 Å². The number of anilines is 1. The van der Waals surface area contributed by atoms with E-state index in [1.54, 1.807) is 0 Å². The van der Waals surface area contributed by atoms with Crippen LogP contribution in [-0.2, 0) is 0 Å². The van der Waals surface area contributed by atoms with Crippen LogP contribution in [0.4, 0.5) is 5.69 Å².